The Labute approximate surface area is 164 Å². The molecule has 1 saturated heterocycles. The predicted octanol–water partition coefficient (Wildman–Crippen LogP) is 2.43. The zero-order chi connectivity index (χ0) is 20.1. The Hall–Kier alpha value is -2.36. The van der Waals surface area contributed by atoms with Crippen LogP contribution >= 0.6 is 11.3 Å². The van der Waals surface area contributed by atoms with E-state index in [0.717, 1.165) is 11.6 Å². The lowest BCUT2D eigenvalue weighted by molar-refractivity contribution is -0.116. The monoisotopic (exact) mass is 410 g/mol. The summed E-state index contributed by atoms with van der Waals surface area (Å²) < 4.78 is 33.6. The maximum Gasteiger partial charge on any atom is 0.257 e. The van der Waals surface area contributed by atoms with E-state index >= 15 is 0 Å². The Morgan fingerprint density at radius 2 is 2.14 bits per heavy atom. The smallest absolute Gasteiger partial charge is 0.257 e. The van der Waals surface area contributed by atoms with Crippen molar-refractivity contribution in [2.24, 2.45) is 0 Å². The normalized spacial score (nSPS) is 16.8. The van der Waals surface area contributed by atoms with E-state index in [0.29, 0.717) is 12.5 Å². The summed E-state index contributed by atoms with van der Waals surface area (Å²) >= 11 is 1.52. The van der Waals surface area contributed by atoms with Gasteiger partial charge >= 0.3 is 0 Å². The summed E-state index contributed by atoms with van der Waals surface area (Å²) in [5.74, 6) is -3.03. The molecule has 0 spiro atoms. The van der Waals surface area contributed by atoms with Crippen LogP contribution in [0.5, 0.6) is 0 Å². The molecule has 1 aromatic carbocycles. The van der Waals surface area contributed by atoms with E-state index in [9.17, 15) is 23.5 Å². The molecule has 0 aliphatic carbocycles. The SMILES string of the molecule is O=C(CCc1ccsc1)Nc1cc(C(=O)N2CCO[C@@H](CO)C2)c(F)cc1F. The van der Waals surface area contributed by atoms with Crippen molar-refractivity contribution in [2.45, 2.75) is 18.9 Å². The molecule has 0 saturated carbocycles. The van der Waals surface area contributed by atoms with E-state index in [1.807, 2.05) is 16.8 Å². The fourth-order valence-electron chi connectivity index (χ4n) is 2.90. The molecule has 2 amide bonds. The molecule has 2 N–H and O–H groups in total. The van der Waals surface area contributed by atoms with Crippen molar-refractivity contribution in [3.8, 4) is 0 Å². The van der Waals surface area contributed by atoms with Gasteiger partial charge in [0.05, 0.1) is 30.6 Å². The third-order valence-electron chi connectivity index (χ3n) is 4.41. The molecule has 2 heterocycles. The number of carbonyl (C=O) groups is 2. The number of aryl methyl sites for hydroxylation is 1. The Bertz CT molecular complexity index is 845. The largest absolute Gasteiger partial charge is 0.394 e. The molecule has 1 aliphatic rings. The van der Waals surface area contributed by atoms with Gasteiger partial charge in [0.15, 0.2) is 0 Å². The maximum atomic E-state index is 14.2. The van der Waals surface area contributed by atoms with Gasteiger partial charge in [0.2, 0.25) is 5.91 Å². The molecule has 2 aromatic rings. The van der Waals surface area contributed by atoms with Crippen molar-refractivity contribution in [1.29, 1.82) is 0 Å². The van der Waals surface area contributed by atoms with E-state index in [1.54, 1.807) is 0 Å². The molecule has 0 unspecified atom stereocenters. The molecule has 1 aliphatic heterocycles. The molecule has 1 atom stereocenters. The minimum absolute atomic E-state index is 0.106. The number of anilines is 1. The van der Waals surface area contributed by atoms with Crippen LogP contribution in [0.1, 0.15) is 22.3 Å². The van der Waals surface area contributed by atoms with E-state index in [4.69, 9.17) is 4.74 Å². The average Bonchev–Trinajstić information content (AvgIpc) is 3.21. The maximum absolute atomic E-state index is 14.2. The van der Waals surface area contributed by atoms with E-state index < -0.39 is 29.6 Å². The first-order chi connectivity index (χ1) is 13.5. The quantitative estimate of drug-likeness (QED) is 0.767. The Morgan fingerprint density at radius 1 is 1.32 bits per heavy atom. The lowest BCUT2D eigenvalue weighted by Gasteiger charge is -2.32. The Kier molecular flexibility index (Phi) is 6.71. The van der Waals surface area contributed by atoms with Crippen molar-refractivity contribution in [1.82, 2.24) is 4.90 Å². The van der Waals surface area contributed by atoms with Gasteiger partial charge in [0.1, 0.15) is 11.6 Å². The van der Waals surface area contributed by atoms with Crippen LogP contribution in [0.2, 0.25) is 0 Å². The van der Waals surface area contributed by atoms with E-state index in [1.165, 1.54) is 16.2 Å². The highest BCUT2D eigenvalue weighted by atomic mass is 32.1. The first kappa shape index (κ1) is 20.4. The van der Waals surface area contributed by atoms with Crippen molar-refractivity contribution in [2.75, 3.05) is 31.6 Å². The summed E-state index contributed by atoms with van der Waals surface area (Å²) in [6.45, 7) is 0.288. The minimum Gasteiger partial charge on any atom is -0.394 e. The molecule has 9 heteroatoms. The lowest BCUT2D eigenvalue weighted by Crippen LogP contribution is -2.47. The van der Waals surface area contributed by atoms with Crippen LogP contribution in [-0.2, 0) is 16.0 Å². The van der Waals surface area contributed by atoms with Crippen LogP contribution < -0.4 is 5.32 Å². The molecule has 3 rings (SSSR count). The van der Waals surface area contributed by atoms with Gasteiger partial charge in [-0.15, -0.1) is 0 Å². The summed E-state index contributed by atoms with van der Waals surface area (Å²) in [6.07, 6.45) is 0.0936. The van der Waals surface area contributed by atoms with Gasteiger partial charge in [-0.2, -0.15) is 11.3 Å². The van der Waals surface area contributed by atoms with Gasteiger partial charge in [0.25, 0.3) is 5.91 Å². The summed E-state index contributed by atoms with van der Waals surface area (Å²) in [5.41, 5.74) is 0.418. The molecule has 150 valence electrons. The zero-order valence-electron chi connectivity index (χ0n) is 15.0. The topological polar surface area (TPSA) is 78.9 Å². The summed E-state index contributed by atoms with van der Waals surface area (Å²) in [6, 6.07) is 3.50. The lowest BCUT2D eigenvalue weighted by atomic mass is 10.1. The van der Waals surface area contributed by atoms with Crippen molar-refractivity contribution < 1.29 is 28.2 Å². The molecule has 28 heavy (non-hydrogen) atoms. The van der Waals surface area contributed by atoms with Gasteiger partial charge in [-0.05, 0) is 34.9 Å². The highest BCUT2D eigenvalue weighted by Crippen LogP contribution is 2.22. The molecule has 0 radical (unpaired) electrons. The second kappa shape index (κ2) is 9.22. The molecule has 1 aromatic heterocycles. The van der Waals surface area contributed by atoms with E-state index in [2.05, 4.69) is 5.32 Å². The summed E-state index contributed by atoms with van der Waals surface area (Å²) in [4.78, 5) is 26.1. The number of thiophene rings is 1. The van der Waals surface area contributed by atoms with Gasteiger partial charge < -0.3 is 20.1 Å². The van der Waals surface area contributed by atoms with E-state index in [-0.39, 0.29) is 44.0 Å². The van der Waals surface area contributed by atoms with Crippen molar-refractivity contribution in [3.05, 3.63) is 51.7 Å². The number of rotatable bonds is 6. The second-order valence-corrected chi connectivity index (χ2v) is 7.20. The number of amides is 2. The third kappa shape index (κ3) is 4.92. The number of hydrogen-bond donors (Lipinski definition) is 2. The zero-order valence-corrected chi connectivity index (χ0v) is 15.8. The van der Waals surface area contributed by atoms with Gasteiger partial charge in [-0.25, -0.2) is 8.78 Å². The first-order valence-electron chi connectivity index (χ1n) is 8.79. The Balaban J connectivity index is 1.70. The second-order valence-electron chi connectivity index (χ2n) is 6.42. The summed E-state index contributed by atoms with van der Waals surface area (Å²) in [5, 5.41) is 15.4. The third-order valence-corrected chi connectivity index (χ3v) is 5.14. The number of morpholine rings is 1. The number of nitrogens with one attached hydrogen (secondary N) is 1. The minimum atomic E-state index is -1.01. The van der Waals surface area contributed by atoms with Crippen LogP contribution in [0.4, 0.5) is 14.5 Å². The molecular weight excluding hydrogens is 390 g/mol. The van der Waals surface area contributed by atoms with Crippen LogP contribution in [-0.4, -0.2) is 54.2 Å². The predicted molar refractivity (Wildman–Crippen MR) is 100 cm³/mol. The number of ether oxygens (including phenoxy) is 1. The number of aliphatic hydroxyl groups is 1. The summed E-state index contributed by atoms with van der Waals surface area (Å²) in [7, 11) is 0. The first-order valence-corrected chi connectivity index (χ1v) is 9.74. The van der Waals surface area contributed by atoms with Gasteiger partial charge in [-0.1, -0.05) is 0 Å². The van der Waals surface area contributed by atoms with Crippen LogP contribution in [0.25, 0.3) is 0 Å². The van der Waals surface area contributed by atoms with Crippen LogP contribution in [0.3, 0.4) is 0 Å². The highest BCUT2D eigenvalue weighted by molar-refractivity contribution is 7.07. The van der Waals surface area contributed by atoms with Gasteiger partial charge in [0, 0.05) is 25.6 Å². The average molecular weight is 410 g/mol. The standard InChI is InChI=1S/C19H20F2N2O4S/c20-15-8-16(21)17(22-18(25)2-1-12-3-6-28-11-12)7-14(15)19(26)23-4-5-27-13(9-23)10-24/h3,6-8,11,13,24H,1-2,4-5,9-10H2,(H,22,25)/t13-/m1/s1. The van der Waals surface area contributed by atoms with Crippen LogP contribution in [0.15, 0.2) is 29.0 Å². The number of carbonyl (C=O) groups excluding carboxylic acids is 2. The van der Waals surface area contributed by atoms with Gasteiger partial charge in [-0.3, -0.25) is 9.59 Å². The number of aliphatic hydroxyl groups excluding tert-OH is 1. The van der Waals surface area contributed by atoms with Crippen molar-refractivity contribution >= 4 is 28.8 Å². The fraction of sp³-hybridized carbons (Fsp3) is 0.368. The fourth-order valence-corrected chi connectivity index (χ4v) is 3.60. The number of benzene rings is 1. The van der Waals surface area contributed by atoms with Crippen molar-refractivity contribution in [3.63, 3.8) is 0 Å². The molecular formula is C19H20F2N2O4S. The number of hydrogen-bond acceptors (Lipinski definition) is 5. The molecule has 1 fully saturated rings. The Morgan fingerprint density at radius 3 is 2.86 bits per heavy atom. The number of nitrogens with zero attached hydrogens (tertiary/aromatic N) is 1. The highest BCUT2D eigenvalue weighted by Gasteiger charge is 2.27. The number of halogens is 2. The van der Waals surface area contributed by atoms with Crippen LogP contribution in [0, 0.1) is 11.6 Å². The molecule has 6 nitrogen and oxygen atoms in total. The molecule has 0 bridgehead atoms.